The summed E-state index contributed by atoms with van der Waals surface area (Å²) in [6.07, 6.45) is -4.40. The third kappa shape index (κ3) is 4.22. The summed E-state index contributed by atoms with van der Waals surface area (Å²) in [6.45, 7) is -0.720. The number of hydrogen-bond donors (Lipinski definition) is 4. The topological polar surface area (TPSA) is 212 Å². The first-order valence-electron chi connectivity index (χ1n) is 6.54. The van der Waals surface area contributed by atoms with E-state index in [0.29, 0.717) is 0 Å². The number of nitrogens with two attached hydrogens (primary N) is 1. The van der Waals surface area contributed by atoms with E-state index in [4.69, 9.17) is 15.4 Å². The minimum absolute atomic E-state index is 0. The van der Waals surface area contributed by atoms with E-state index < -0.39 is 44.8 Å². The van der Waals surface area contributed by atoms with Gasteiger partial charge in [-0.05, 0) is 0 Å². The molecule has 1 aliphatic rings. The van der Waals surface area contributed by atoms with Crippen molar-refractivity contribution in [3.63, 3.8) is 0 Å². The van der Waals surface area contributed by atoms with Crippen LogP contribution in [0.1, 0.15) is 6.23 Å². The van der Waals surface area contributed by atoms with E-state index in [2.05, 4.69) is 19.5 Å². The Hall–Kier alpha value is -0.600. The number of nitrogen functional groups attached to an aromatic ring is 1. The molecule has 5 atom stereocenters. The number of phosphoric acid groups is 1. The van der Waals surface area contributed by atoms with Gasteiger partial charge in [0.05, 0.1) is 12.9 Å². The van der Waals surface area contributed by atoms with Gasteiger partial charge in [-0.3, -0.25) is 9.13 Å². The molecule has 0 radical (unpaired) electrons. The van der Waals surface area contributed by atoms with Crippen molar-refractivity contribution in [3.8, 4) is 5.88 Å². The molecule has 3 heterocycles. The number of imidazole rings is 1. The minimum atomic E-state index is -5.02. The molecule has 1 saturated heterocycles. The molecule has 1 fully saturated rings. The molecule has 0 spiro atoms. The Kier molecular flexibility index (Phi) is 6.26. The van der Waals surface area contributed by atoms with Crippen LogP contribution in [0.2, 0.25) is 0 Å². The second-order valence-electron chi connectivity index (χ2n) is 5.02. The Balaban J connectivity index is 0.00000225. The molecule has 1 unspecified atom stereocenters. The van der Waals surface area contributed by atoms with Gasteiger partial charge in [0.2, 0.25) is 5.95 Å². The van der Waals surface area contributed by atoms with E-state index in [1.165, 1.54) is 0 Å². The molecule has 0 bridgehead atoms. The molecule has 1 aliphatic heterocycles. The van der Waals surface area contributed by atoms with E-state index in [9.17, 15) is 24.8 Å². The normalized spacial score (nSPS) is 28.6. The van der Waals surface area contributed by atoms with E-state index >= 15 is 0 Å². The first-order valence-corrected chi connectivity index (χ1v) is 8.04. The number of fused-ring (bicyclic) bond motifs is 1. The van der Waals surface area contributed by atoms with Crippen LogP contribution in [0.15, 0.2) is 6.33 Å². The van der Waals surface area contributed by atoms with Gasteiger partial charge in [-0.15, -0.1) is 0 Å². The first kappa shape index (κ1) is 20.7. The first-order chi connectivity index (χ1) is 11.2. The summed E-state index contributed by atoms with van der Waals surface area (Å²) in [6, 6.07) is 0. The Morgan fingerprint density at radius 2 is 2.08 bits per heavy atom. The molecule has 0 saturated carbocycles. The Bertz CT molecular complexity index is 814. The van der Waals surface area contributed by atoms with Gasteiger partial charge < -0.3 is 40.1 Å². The van der Waals surface area contributed by atoms with E-state index in [1.807, 2.05) is 0 Å². The maximum atomic E-state index is 11.7. The van der Waals surface area contributed by atoms with Gasteiger partial charge in [-0.2, -0.15) is 4.98 Å². The summed E-state index contributed by atoms with van der Waals surface area (Å²) in [5.41, 5.74) is 5.26. The molecule has 0 amide bonds. The number of aliphatic hydroxyl groups excluding tert-OH is 2. The van der Waals surface area contributed by atoms with Gasteiger partial charge in [0, 0.05) is 5.88 Å². The van der Waals surface area contributed by atoms with Crippen molar-refractivity contribution in [3.05, 3.63) is 6.33 Å². The average molecular weight is 401 g/mol. The van der Waals surface area contributed by atoms with Crippen LogP contribution in [-0.2, 0) is 13.8 Å². The van der Waals surface area contributed by atoms with Crippen LogP contribution >= 0.6 is 7.82 Å². The second kappa shape index (κ2) is 7.56. The van der Waals surface area contributed by atoms with Crippen molar-refractivity contribution in [1.29, 1.82) is 0 Å². The largest absolute Gasteiger partial charge is 2.00 e. The summed E-state index contributed by atoms with van der Waals surface area (Å²) in [5, 5.41) is 31.7. The molecule has 13 nitrogen and oxygen atoms in total. The fourth-order valence-electron chi connectivity index (χ4n) is 2.36. The number of rotatable bonds is 4. The Morgan fingerprint density at radius 1 is 1.40 bits per heavy atom. The molecule has 132 valence electrons. The quantitative estimate of drug-likeness (QED) is 0.287. The number of nitrogens with zero attached hydrogens (tertiary/aromatic N) is 4. The third-order valence-electron chi connectivity index (χ3n) is 3.42. The minimum Gasteiger partial charge on any atom is -0.857 e. The Labute approximate surface area is 169 Å². The van der Waals surface area contributed by atoms with Gasteiger partial charge in [0.25, 0.3) is 7.82 Å². The molecule has 3 rings (SSSR count). The van der Waals surface area contributed by atoms with Gasteiger partial charge in [-0.25, -0.2) is 9.97 Å². The molecule has 2 aromatic rings. The van der Waals surface area contributed by atoms with E-state index in [-0.39, 0.29) is 54.9 Å². The number of ether oxygens (including phenoxy) is 1. The van der Waals surface area contributed by atoms with Gasteiger partial charge >= 0.3 is 37.7 Å². The SMILES string of the molecule is Nc1nc([O-])c2ncn([C@@H]3O[C@H](COP(=O)([O-])O)[C@@H](O)[C@H]3O)c2n1.[Ca+2]. The number of aliphatic hydroxyl groups is 2. The van der Waals surface area contributed by atoms with Crippen molar-refractivity contribution in [1.82, 2.24) is 19.5 Å². The van der Waals surface area contributed by atoms with Crippen LogP contribution in [-0.4, -0.2) is 97.3 Å². The van der Waals surface area contributed by atoms with Crippen molar-refractivity contribution in [2.24, 2.45) is 0 Å². The predicted octanol–water partition coefficient (Wildman–Crippen LogP) is -3.80. The zero-order valence-corrected chi connectivity index (χ0v) is 15.6. The van der Waals surface area contributed by atoms with Crippen molar-refractivity contribution < 1.29 is 38.9 Å². The smallest absolute Gasteiger partial charge is 0.857 e. The maximum absolute atomic E-state index is 11.7. The van der Waals surface area contributed by atoms with Crippen LogP contribution in [0.25, 0.3) is 11.2 Å². The van der Waals surface area contributed by atoms with Crippen molar-refractivity contribution in [2.45, 2.75) is 24.5 Å². The summed E-state index contributed by atoms with van der Waals surface area (Å²) in [5.74, 6) is -1.04. The van der Waals surface area contributed by atoms with Gasteiger partial charge in [0.15, 0.2) is 11.9 Å². The zero-order chi connectivity index (χ0) is 17.6. The van der Waals surface area contributed by atoms with Crippen LogP contribution in [0.4, 0.5) is 5.95 Å². The second-order valence-corrected chi connectivity index (χ2v) is 6.22. The zero-order valence-electron chi connectivity index (χ0n) is 12.5. The van der Waals surface area contributed by atoms with E-state index in [0.717, 1.165) is 10.9 Å². The molecule has 2 aromatic heterocycles. The molecule has 0 aromatic carbocycles. The summed E-state index contributed by atoms with van der Waals surface area (Å²) in [4.78, 5) is 30.3. The number of anilines is 1. The predicted molar refractivity (Wildman–Crippen MR) is 76.6 cm³/mol. The van der Waals surface area contributed by atoms with Gasteiger partial charge in [0.1, 0.15) is 23.8 Å². The standard InChI is InChI=1S/C10H14N5O8P.Ca/c11-10-13-7-4(8(18)14-10)12-2-15(7)9-6(17)5(16)3(23-9)1-22-24(19,20)21;/h2-3,5-6,9,16-17H,1H2,(H2,19,20,21)(H3,11,13,14,18);/q;+2/p-2/t3-,5-,6-,9-;/m1./s1. The van der Waals surface area contributed by atoms with Crippen LogP contribution in [0.3, 0.4) is 0 Å². The summed E-state index contributed by atoms with van der Waals surface area (Å²) < 4.78 is 21.3. The van der Waals surface area contributed by atoms with Crippen LogP contribution < -0.4 is 15.7 Å². The molecule has 5 N–H and O–H groups in total. The monoisotopic (exact) mass is 401 g/mol. The number of hydrogen-bond acceptors (Lipinski definition) is 11. The molecule has 0 aliphatic carbocycles. The maximum Gasteiger partial charge on any atom is 2.00 e. The number of aromatic nitrogens is 4. The average Bonchev–Trinajstić information content (AvgIpc) is 3.00. The molecule has 15 heteroatoms. The van der Waals surface area contributed by atoms with E-state index in [1.54, 1.807) is 0 Å². The molecular formula is C10H12CaN5O8P. The van der Waals surface area contributed by atoms with Gasteiger partial charge in [-0.1, -0.05) is 0 Å². The summed E-state index contributed by atoms with van der Waals surface area (Å²) >= 11 is 0. The fourth-order valence-corrected chi connectivity index (χ4v) is 2.69. The van der Waals surface area contributed by atoms with Crippen LogP contribution in [0.5, 0.6) is 5.88 Å². The number of phosphoric ester groups is 1. The third-order valence-corrected chi connectivity index (χ3v) is 3.90. The Morgan fingerprint density at radius 3 is 2.72 bits per heavy atom. The summed E-state index contributed by atoms with van der Waals surface area (Å²) in [7, 11) is -5.02. The fraction of sp³-hybridized carbons (Fsp3) is 0.500. The molecular weight excluding hydrogens is 389 g/mol. The van der Waals surface area contributed by atoms with Crippen LogP contribution in [0, 0.1) is 0 Å². The van der Waals surface area contributed by atoms with Crippen molar-refractivity contribution in [2.75, 3.05) is 12.3 Å². The molecule has 25 heavy (non-hydrogen) atoms. The van der Waals surface area contributed by atoms with Crippen molar-refractivity contribution >= 4 is 62.7 Å².